The summed E-state index contributed by atoms with van der Waals surface area (Å²) in [4.78, 5) is 19.1. The Hall–Kier alpha value is -2.21. The van der Waals surface area contributed by atoms with Gasteiger partial charge in [-0.1, -0.05) is 26.0 Å². The third-order valence-electron chi connectivity index (χ3n) is 4.87. The number of aromatic nitrogens is 3. The quantitative estimate of drug-likeness (QED) is 0.877. The summed E-state index contributed by atoms with van der Waals surface area (Å²) in [7, 11) is 0. The van der Waals surface area contributed by atoms with Crippen LogP contribution in [0.1, 0.15) is 45.2 Å². The van der Waals surface area contributed by atoms with Crippen LogP contribution in [0, 0.1) is 5.92 Å². The van der Waals surface area contributed by atoms with Gasteiger partial charge in [0.25, 0.3) is 0 Å². The van der Waals surface area contributed by atoms with Crippen molar-refractivity contribution in [2.75, 3.05) is 13.1 Å². The Kier molecular flexibility index (Phi) is 5.48. The Morgan fingerprint density at radius 1 is 1.12 bits per heavy atom. The highest BCUT2D eigenvalue weighted by molar-refractivity contribution is 5.82. The lowest BCUT2D eigenvalue weighted by atomic mass is 10.0. The van der Waals surface area contributed by atoms with Gasteiger partial charge in [0.1, 0.15) is 12.7 Å². The first-order chi connectivity index (χ1) is 12.1. The van der Waals surface area contributed by atoms with Crippen molar-refractivity contribution < 1.29 is 4.79 Å². The fourth-order valence-corrected chi connectivity index (χ4v) is 3.55. The van der Waals surface area contributed by atoms with Crippen LogP contribution >= 0.6 is 0 Å². The van der Waals surface area contributed by atoms with Crippen molar-refractivity contribution in [3.8, 4) is 5.69 Å². The SMILES string of the molecule is CC(C)[C@@H](C(=O)N[C@H](C)c1ccc(-n2cncn2)cc1)N1CCCC1. The third kappa shape index (κ3) is 4.07. The number of hydrogen-bond donors (Lipinski definition) is 1. The maximum absolute atomic E-state index is 12.8. The van der Waals surface area contributed by atoms with Gasteiger partial charge in [0, 0.05) is 0 Å². The van der Waals surface area contributed by atoms with E-state index < -0.39 is 0 Å². The largest absolute Gasteiger partial charge is 0.348 e. The zero-order chi connectivity index (χ0) is 17.8. The van der Waals surface area contributed by atoms with Gasteiger partial charge >= 0.3 is 0 Å². The van der Waals surface area contributed by atoms with Crippen LogP contribution in [0.15, 0.2) is 36.9 Å². The monoisotopic (exact) mass is 341 g/mol. The van der Waals surface area contributed by atoms with Gasteiger partial charge in [-0.05, 0) is 56.5 Å². The highest BCUT2D eigenvalue weighted by Gasteiger charge is 2.31. The van der Waals surface area contributed by atoms with Gasteiger partial charge in [-0.2, -0.15) is 5.10 Å². The van der Waals surface area contributed by atoms with E-state index in [1.54, 1.807) is 11.0 Å². The molecule has 0 bridgehead atoms. The van der Waals surface area contributed by atoms with E-state index in [9.17, 15) is 4.79 Å². The molecule has 0 unspecified atom stereocenters. The van der Waals surface area contributed by atoms with E-state index in [0.717, 1.165) is 24.3 Å². The highest BCUT2D eigenvalue weighted by Crippen LogP contribution is 2.20. The zero-order valence-corrected chi connectivity index (χ0v) is 15.2. The maximum Gasteiger partial charge on any atom is 0.238 e. The van der Waals surface area contributed by atoms with Crippen molar-refractivity contribution in [1.29, 1.82) is 0 Å². The number of carbonyl (C=O) groups is 1. The molecular formula is C19H27N5O. The molecule has 6 nitrogen and oxygen atoms in total. The predicted octanol–water partition coefficient (Wildman–Crippen LogP) is 2.56. The van der Waals surface area contributed by atoms with Gasteiger partial charge in [0.05, 0.1) is 17.8 Å². The van der Waals surface area contributed by atoms with E-state index in [1.807, 2.05) is 31.2 Å². The second-order valence-corrected chi connectivity index (χ2v) is 7.09. The highest BCUT2D eigenvalue weighted by atomic mass is 16.2. The van der Waals surface area contributed by atoms with E-state index in [4.69, 9.17) is 0 Å². The van der Waals surface area contributed by atoms with Crippen LogP contribution in [0.4, 0.5) is 0 Å². The van der Waals surface area contributed by atoms with Gasteiger partial charge < -0.3 is 5.32 Å². The van der Waals surface area contributed by atoms with Crippen LogP contribution in [0.25, 0.3) is 5.69 Å². The first-order valence-electron chi connectivity index (χ1n) is 9.05. The van der Waals surface area contributed by atoms with E-state index in [0.29, 0.717) is 5.92 Å². The summed E-state index contributed by atoms with van der Waals surface area (Å²) >= 11 is 0. The summed E-state index contributed by atoms with van der Waals surface area (Å²) in [6.07, 6.45) is 5.57. The lowest BCUT2D eigenvalue weighted by Crippen LogP contribution is -2.49. The van der Waals surface area contributed by atoms with Gasteiger partial charge in [-0.15, -0.1) is 0 Å². The van der Waals surface area contributed by atoms with E-state index in [2.05, 4.69) is 34.1 Å². The lowest BCUT2D eigenvalue weighted by molar-refractivity contribution is -0.128. The smallest absolute Gasteiger partial charge is 0.238 e. The van der Waals surface area contributed by atoms with Crippen LogP contribution in [0.3, 0.4) is 0 Å². The molecule has 1 fully saturated rings. The van der Waals surface area contributed by atoms with Crippen molar-refractivity contribution in [1.82, 2.24) is 25.0 Å². The van der Waals surface area contributed by atoms with Crippen molar-refractivity contribution in [2.24, 2.45) is 5.92 Å². The number of likely N-dealkylation sites (tertiary alicyclic amines) is 1. The predicted molar refractivity (Wildman–Crippen MR) is 97.3 cm³/mol. The molecule has 25 heavy (non-hydrogen) atoms. The Morgan fingerprint density at radius 3 is 2.36 bits per heavy atom. The van der Waals surface area contributed by atoms with Gasteiger partial charge in [-0.3, -0.25) is 9.69 Å². The minimum absolute atomic E-state index is 0.0267. The molecule has 1 amide bonds. The molecule has 0 spiro atoms. The average molecular weight is 341 g/mol. The standard InChI is InChI=1S/C19H27N5O/c1-14(2)18(23-10-4-5-11-23)19(25)22-15(3)16-6-8-17(9-7-16)24-13-20-12-21-24/h6-9,12-15,18H,4-5,10-11H2,1-3H3,(H,22,25)/t15-,18+/m1/s1. The molecule has 2 heterocycles. The number of nitrogens with one attached hydrogen (secondary N) is 1. The Balaban J connectivity index is 1.66. The molecule has 134 valence electrons. The minimum atomic E-state index is -0.0422. The molecule has 1 saturated heterocycles. The Labute approximate surface area is 149 Å². The molecule has 0 radical (unpaired) electrons. The van der Waals surface area contributed by atoms with Gasteiger partial charge in [-0.25, -0.2) is 9.67 Å². The molecule has 1 aliphatic heterocycles. The number of rotatable bonds is 6. The molecule has 3 rings (SSSR count). The number of nitrogens with zero attached hydrogens (tertiary/aromatic N) is 4. The second kappa shape index (κ2) is 7.78. The summed E-state index contributed by atoms with van der Waals surface area (Å²) in [6, 6.07) is 7.98. The van der Waals surface area contributed by atoms with E-state index >= 15 is 0 Å². The first kappa shape index (κ1) is 17.6. The second-order valence-electron chi connectivity index (χ2n) is 7.09. The van der Waals surface area contributed by atoms with Crippen LogP contribution in [0.5, 0.6) is 0 Å². The number of hydrogen-bond acceptors (Lipinski definition) is 4. The van der Waals surface area contributed by atoms with Crippen LogP contribution in [-0.4, -0.2) is 44.7 Å². The molecular weight excluding hydrogens is 314 g/mol. The maximum atomic E-state index is 12.8. The summed E-state index contributed by atoms with van der Waals surface area (Å²) < 4.78 is 1.72. The molecule has 1 aromatic carbocycles. The Morgan fingerprint density at radius 2 is 1.80 bits per heavy atom. The summed E-state index contributed by atoms with van der Waals surface area (Å²) in [5.74, 6) is 0.435. The van der Waals surface area contributed by atoms with Crippen molar-refractivity contribution in [2.45, 2.75) is 45.7 Å². The van der Waals surface area contributed by atoms with E-state index in [-0.39, 0.29) is 18.0 Å². The fraction of sp³-hybridized carbons (Fsp3) is 0.526. The minimum Gasteiger partial charge on any atom is -0.348 e. The summed E-state index contributed by atoms with van der Waals surface area (Å²) in [5, 5.41) is 7.32. The van der Waals surface area contributed by atoms with Gasteiger partial charge in [0.15, 0.2) is 0 Å². The normalized spacial score (nSPS) is 17.6. The van der Waals surface area contributed by atoms with E-state index in [1.165, 1.54) is 19.2 Å². The topological polar surface area (TPSA) is 63.1 Å². The summed E-state index contributed by atoms with van der Waals surface area (Å²) in [6.45, 7) is 8.33. The third-order valence-corrected chi connectivity index (χ3v) is 4.87. The molecule has 2 atom stereocenters. The molecule has 6 heteroatoms. The molecule has 1 aromatic heterocycles. The molecule has 0 saturated carbocycles. The molecule has 0 aliphatic carbocycles. The average Bonchev–Trinajstić information content (AvgIpc) is 3.28. The molecule has 1 N–H and O–H groups in total. The zero-order valence-electron chi connectivity index (χ0n) is 15.2. The van der Waals surface area contributed by atoms with Gasteiger partial charge in [0.2, 0.25) is 5.91 Å². The Bertz CT molecular complexity index is 674. The lowest BCUT2D eigenvalue weighted by Gasteiger charge is -2.30. The van der Waals surface area contributed by atoms with Crippen LogP contribution < -0.4 is 5.32 Å². The van der Waals surface area contributed by atoms with Crippen molar-refractivity contribution in [3.05, 3.63) is 42.5 Å². The summed E-state index contributed by atoms with van der Waals surface area (Å²) in [5.41, 5.74) is 2.04. The number of benzene rings is 1. The first-order valence-corrected chi connectivity index (χ1v) is 9.05. The molecule has 2 aromatic rings. The number of carbonyl (C=O) groups excluding carboxylic acids is 1. The van der Waals surface area contributed by atoms with Crippen molar-refractivity contribution in [3.63, 3.8) is 0 Å². The van der Waals surface area contributed by atoms with Crippen molar-refractivity contribution >= 4 is 5.91 Å². The van der Waals surface area contributed by atoms with Crippen LogP contribution in [-0.2, 0) is 4.79 Å². The fourth-order valence-electron chi connectivity index (χ4n) is 3.55. The van der Waals surface area contributed by atoms with Crippen LogP contribution in [0.2, 0.25) is 0 Å². The number of amides is 1. The molecule has 1 aliphatic rings.